The van der Waals surface area contributed by atoms with E-state index < -0.39 is 21.9 Å². The summed E-state index contributed by atoms with van der Waals surface area (Å²) in [7, 11) is -3.61. The third kappa shape index (κ3) is 2.82. The van der Waals surface area contributed by atoms with Gasteiger partial charge < -0.3 is 5.11 Å². The first kappa shape index (κ1) is 15.3. The highest BCUT2D eigenvalue weighted by atomic mass is 35.5. The molecule has 0 spiro atoms. The van der Waals surface area contributed by atoms with E-state index in [9.17, 15) is 13.2 Å². The smallest absolute Gasteiger partial charge is 0.306 e. The second kappa shape index (κ2) is 5.71. The molecule has 110 valence electrons. The number of rotatable bonds is 3. The van der Waals surface area contributed by atoms with E-state index in [0.717, 1.165) is 0 Å². The molecule has 20 heavy (non-hydrogen) atoms. The third-order valence-corrected chi connectivity index (χ3v) is 6.09. The van der Waals surface area contributed by atoms with Gasteiger partial charge in [-0.1, -0.05) is 17.7 Å². The van der Waals surface area contributed by atoms with E-state index in [1.807, 2.05) is 0 Å². The molecule has 1 aromatic rings. The highest BCUT2D eigenvalue weighted by molar-refractivity contribution is 7.89. The molecule has 0 radical (unpaired) electrons. The van der Waals surface area contributed by atoms with Gasteiger partial charge in [-0.05, 0) is 37.5 Å². The van der Waals surface area contributed by atoms with Crippen molar-refractivity contribution in [1.82, 2.24) is 4.31 Å². The van der Waals surface area contributed by atoms with Gasteiger partial charge in [-0.25, -0.2) is 8.42 Å². The Balaban J connectivity index is 2.24. The highest BCUT2D eigenvalue weighted by Crippen LogP contribution is 2.28. The SMILES string of the molecule is Cc1c(Cl)cccc1S(=O)(=O)N1CCC(C(=O)O)CC1. The molecular formula is C13H16ClNO4S. The maximum Gasteiger partial charge on any atom is 0.306 e. The molecule has 1 aromatic carbocycles. The molecule has 1 N–H and O–H groups in total. The second-order valence-electron chi connectivity index (χ2n) is 4.88. The van der Waals surface area contributed by atoms with Crippen molar-refractivity contribution in [2.75, 3.05) is 13.1 Å². The molecule has 7 heteroatoms. The number of carboxylic acid groups (broad SMARTS) is 1. The van der Waals surface area contributed by atoms with E-state index >= 15 is 0 Å². The summed E-state index contributed by atoms with van der Waals surface area (Å²) < 4.78 is 26.5. The van der Waals surface area contributed by atoms with Gasteiger partial charge in [0.25, 0.3) is 0 Å². The van der Waals surface area contributed by atoms with Gasteiger partial charge in [0, 0.05) is 18.1 Å². The quantitative estimate of drug-likeness (QED) is 0.926. The highest BCUT2D eigenvalue weighted by Gasteiger charge is 2.32. The van der Waals surface area contributed by atoms with Gasteiger partial charge >= 0.3 is 5.97 Å². The Hall–Kier alpha value is -1.11. The Labute approximate surface area is 123 Å². The van der Waals surface area contributed by atoms with Crippen LogP contribution in [0.5, 0.6) is 0 Å². The average Bonchev–Trinajstić information content (AvgIpc) is 2.41. The zero-order chi connectivity index (χ0) is 14.9. The first-order chi connectivity index (χ1) is 9.34. The fourth-order valence-corrected chi connectivity index (χ4v) is 4.30. The van der Waals surface area contributed by atoms with Crippen LogP contribution in [0.2, 0.25) is 5.02 Å². The van der Waals surface area contributed by atoms with Crippen molar-refractivity contribution in [1.29, 1.82) is 0 Å². The van der Waals surface area contributed by atoms with Crippen molar-refractivity contribution >= 4 is 27.6 Å². The topological polar surface area (TPSA) is 74.7 Å². The van der Waals surface area contributed by atoms with E-state index in [2.05, 4.69) is 0 Å². The summed E-state index contributed by atoms with van der Waals surface area (Å²) in [5.74, 6) is -1.32. The summed E-state index contributed by atoms with van der Waals surface area (Å²) in [5.41, 5.74) is 0.523. The Kier molecular flexibility index (Phi) is 4.36. The Morgan fingerprint density at radius 2 is 1.95 bits per heavy atom. The van der Waals surface area contributed by atoms with Crippen LogP contribution >= 0.6 is 11.6 Å². The number of sulfonamides is 1. The predicted molar refractivity (Wildman–Crippen MR) is 75.3 cm³/mol. The molecule has 0 aromatic heterocycles. The number of benzene rings is 1. The summed E-state index contributed by atoms with van der Waals surface area (Å²) in [4.78, 5) is 11.1. The molecule has 0 bridgehead atoms. The lowest BCUT2D eigenvalue weighted by molar-refractivity contribution is -0.142. The molecule has 1 fully saturated rings. The molecule has 1 aliphatic rings. The standard InChI is InChI=1S/C13H16ClNO4S/c1-9-11(14)3-2-4-12(9)20(18,19)15-7-5-10(6-8-15)13(16)17/h2-4,10H,5-8H2,1H3,(H,16,17). The Morgan fingerprint density at radius 1 is 1.35 bits per heavy atom. The maximum absolute atomic E-state index is 12.6. The van der Waals surface area contributed by atoms with Gasteiger partial charge in [0.1, 0.15) is 0 Å². The minimum Gasteiger partial charge on any atom is -0.481 e. The molecule has 0 unspecified atom stereocenters. The van der Waals surface area contributed by atoms with E-state index in [0.29, 0.717) is 23.4 Å². The van der Waals surface area contributed by atoms with Crippen LogP contribution in [-0.2, 0) is 14.8 Å². The first-order valence-corrected chi connectivity index (χ1v) is 8.14. The minimum absolute atomic E-state index is 0.193. The number of hydrogen-bond acceptors (Lipinski definition) is 3. The lowest BCUT2D eigenvalue weighted by atomic mass is 9.99. The number of hydrogen-bond donors (Lipinski definition) is 1. The van der Waals surface area contributed by atoms with Crippen molar-refractivity contribution in [3.8, 4) is 0 Å². The molecule has 1 saturated heterocycles. The molecular weight excluding hydrogens is 302 g/mol. The second-order valence-corrected chi connectivity index (χ2v) is 7.19. The zero-order valence-corrected chi connectivity index (χ0v) is 12.6. The van der Waals surface area contributed by atoms with Crippen molar-refractivity contribution in [3.63, 3.8) is 0 Å². The number of halogens is 1. The van der Waals surface area contributed by atoms with Gasteiger partial charge in [0.05, 0.1) is 10.8 Å². The van der Waals surface area contributed by atoms with Crippen LogP contribution in [-0.4, -0.2) is 36.9 Å². The lowest BCUT2D eigenvalue weighted by Gasteiger charge is -2.29. The van der Waals surface area contributed by atoms with Crippen LogP contribution < -0.4 is 0 Å². The van der Waals surface area contributed by atoms with Crippen molar-refractivity contribution in [2.45, 2.75) is 24.7 Å². The molecule has 1 heterocycles. The molecule has 0 amide bonds. The third-order valence-electron chi connectivity index (χ3n) is 3.64. The fourth-order valence-electron chi connectivity index (χ4n) is 2.35. The van der Waals surface area contributed by atoms with Crippen LogP contribution in [0.25, 0.3) is 0 Å². The predicted octanol–water partition coefficient (Wildman–Crippen LogP) is 2.13. The molecule has 5 nitrogen and oxygen atoms in total. The Morgan fingerprint density at radius 3 is 2.50 bits per heavy atom. The number of carboxylic acids is 1. The molecule has 0 atom stereocenters. The maximum atomic E-state index is 12.6. The summed E-state index contributed by atoms with van der Waals surface area (Å²) in [6, 6.07) is 4.78. The average molecular weight is 318 g/mol. The van der Waals surface area contributed by atoms with Crippen LogP contribution in [0.4, 0.5) is 0 Å². The van der Waals surface area contributed by atoms with Crippen molar-refractivity contribution in [2.24, 2.45) is 5.92 Å². The van der Waals surface area contributed by atoms with Gasteiger partial charge in [-0.15, -0.1) is 0 Å². The van der Waals surface area contributed by atoms with E-state index in [1.54, 1.807) is 19.1 Å². The molecule has 0 saturated carbocycles. The molecule has 1 aliphatic heterocycles. The van der Waals surface area contributed by atoms with Crippen LogP contribution in [0.15, 0.2) is 23.1 Å². The van der Waals surface area contributed by atoms with Gasteiger partial charge in [-0.3, -0.25) is 4.79 Å². The van der Waals surface area contributed by atoms with Gasteiger partial charge in [-0.2, -0.15) is 4.31 Å². The first-order valence-electron chi connectivity index (χ1n) is 6.32. The Bertz CT molecular complexity index is 621. The minimum atomic E-state index is -3.61. The van der Waals surface area contributed by atoms with Crippen molar-refractivity contribution in [3.05, 3.63) is 28.8 Å². The van der Waals surface area contributed by atoms with E-state index in [-0.39, 0.29) is 18.0 Å². The molecule has 2 rings (SSSR count). The number of aliphatic carboxylic acids is 1. The monoisotopic (exact) mass is 317 g/mol. The summed E-state index contributed by atoms with van der Waals surface area (Å²) >= 11 is 5.96. The van der Waals surface area contributed by atoms with E-state index in [4.69, 9.17) is 16.7 Å². The van der Waals surface area contributed by atoms with Crippen LogP contribution in [0.1, 0.15) is 18.4 Å². The number of nitrogens with zero attached hydrogens (tertiary/aromatic N) is 1. The number of carbonyl (C=O) groups is 1. The summed E-state index contributed by atoms with van der Waals surface area (Å²) in [6.45, 7) is 2.12. The van der Waals surface area contributed by atoms with Crippen molar-refractivity contribution < 1.29 is 18.3 Å². The van der Waals surface area contributed by atoms with Gasteiger partial charge in [0.15, 0.2) is 0 Å². The summed E-state index contributed by atoms with van der Waals surface area (Å²) in [5, 5.41) is 9.35. The molecule has 0 aliphatic carbocycles. The largest absolute Gasteiger partial charge is 0.481 e. The lowest BCUT2D eigenvalue weighted by Crippen LogP contribution is -2.40. The summed E-state index contributed by atoms with van der Waals surface area (Å²) in [6.07, 6.45) is 0.683. The van der Waals surface area contributed by atoms with E-state index in [1.165, 1.54) is 10.4 Å². The fraction of sp³-hybridized carbons (Fsp3) is 0.462. The number of piperidine rings is 1. The zero-order valence-electron chi connectivity index (χ0n) is 11.0. The van der Waals surface area contributed by atoms with Crippen LogP contribution in [0, 0.1) is 12.8 Å². The van der Waals surface area contributed by atoms with Crippen LogP contribution in [0.3, 0.4) is 0 Å². The normalized spacial score (nSPS) is 18.1. The van der Waals surface area contributed by atoms with Gasteiger partial charge in [0.2, 0.25) is 10.0 Å².